The van der Waals surface area contributed by atoms with Crippen LogP contribution in [0.3, 0.4) is 0 Å². The van der Waals surface area contributed by atoms with Crippen LogP contribution < -0.4 is 5.56 Å². The van der Waals surface area contributed by atoms with E-state index in [0.29, 0.717) is 31.9 Å². The fourth-order valence-corrected chi connectivity index (χ4v) is 2.10. The number of hydrogen-bond donors (Lipinski definition) is 1. The van der Waals surface area contributed by atoms with E-state index in [1.165, 1.54) is 13.2 Å². The summed E-state index contributed by atoms with van der Waals surface area (Å²) in [5.74, 6) is -0.474. The molecular weight excluding hydrogens is 262 g/mol. The molecule has 0 unspecified atom stereocenters. The Bertz CT molecular complexity index is 547. The Morgan fingerprint density at radius 2 is 1.95 bits per heavy atom. The predicted molar refractivity (Wildman–Crippen MR) is 71.4 cm³/mol. The number of amides is 1. The molecule has 1 aliphatic rings. The van der Waals surface area contributed by atoms with Gasteiger partial charge < -0.3 is 14.6 Å². The van der Waals surface area contributed by atoms with E-state index < -0.39 is 0 Å². The number of aromatic amines is 1. The molecule has 2 rings (SSSR count). The molecule has 0 aliphatic carbocycles. The van der Waals surface area contributed by atoms with Crippen LogP contribution in [-0.2, 0) is 9.53 Å². The Labute approximate surface area is 116 Å². The molecule has 0 atom stereocenters. The molecule has 108 valence electrons. The van der Waals surface area contributed by atoms with Crippen molar-refractivity contribution in [2.75, 3.05) is 39.8 Å². The topological polar surface area (TPSA) is 82.7 Å². The number of methoxy groups -OCH3 is 1. The molecule has 7 heteroatoms. The Morgan fingerprint density at radius 1 is 1.25 bits per heavy atom. The molecule has 1 saturated heterocycles. The number of aromatic nitrogens is 1. The van der Waals surface area contributed by atoms with E-state index in [1.807, 2.05) is 4.90 Å². The van der Waals surface area contributed by atoms with E-state index in [-0.39, 0.29) is 24.0 Å². The Morgan fingerprint density at radius 3 is 2.55 bits per heavy atom. The Balaban J connectivity index is 1.92. The number of ether oxygens (including phenoxy) is 1. The molecule has 1 aromatic rings. The molecule has 2 heterocycles. The van der Waals surface area contributed by atoms with Crippen molar-refractivity contribution in [2.24, 2.45) is 0 Å². The first-order chi connectivity index (χ1) is 9.60. The monoisotopic (exact) mass is 279 g/mol. The van der Waals surface area contributed by atoms with E-state index in [1.54, 1.807) is 17.0 Å². The molecule has 7 nitrogen and oxygen atoms in total. The van der Waals surface area contributed by atoms with Crippen molar-refractivity contribution in [3.8, 4) is 0 Å². The standard InChI is InChI=1S/C13H17N3O4/c1-20-12(18)9-15-5-7-16(8-6-15)13(19)10-3-2-4-11(17)14-10/h2-4H,5-9H2,1H3,(H,14,17). The highest BCUT2D eigenvalue weighted by Gasteiger charge is 2.23. The van der Waals surface area contributed by atoms with Gasteiger partial charge in [0.1, 0.15) is 5.69 Å². The average Bonchev–Trinajstić information content (AvgIpc) is 2.47. The maximum absolute atomic E-state index is 12.2. The summed E-state index contributed by atoms with van der Waals surface area (Å²) in [4.78, 5) is 40.7. The number of piperazine rings is 1. The largest absolute Gasteiger partial charge is 0.468 e. The third-order valence-corrected chi connectivity index (χ3v) is 3.24. The number of pyridine rings is 1. The van der Waals surface area contributed by atoms with E-state index in [9.17, 15) is 14.4 Å². The Kier molecular flexibility index (Phi) is 4.52. The molecule has 20 heavy (non-hydrogen) atoms. The van der Waals surface area contributed by atoms with Crippen molar-refractivity contribution >= 4 is 11.9 Å². The van der Waals surface area contributed by atoms with Crippen LogP contribution in [0.1, 0.15) is 10.5 Å². The molecular formula is C13H17N3O4. The summed E-state index contributed by atoms with van der Waals surface area (Å²) in [7, 11) is 1.36. The second-order valence-electron chi connectivity index (χ2n) is 4.57. The molecule has 1 aliphatic heterocycles. The second-order valence-corrected chi connectivity index (χ2v) is 4.57. The van der Waals surface area contributed by atoms with Gasteiger partial charge in [-0.1, -0.05) is 6.07 Å². The quantitative estimate of drug-likeness (QED) is 0.740. The molecule has 0 radical (unpaired) electrons. The van der Waals surface area contributed by atoms with E-state index in [4.69, 9.17) is 0 Å². The lowest BCUT2D eigenvalue weighted by Crippen LogP contribution is -2.50. The number of carbonyl (C=O) groups is 2. The highest BCUT2D eigenvalue weighted by atomic mass is 16.5. The van der Waals surface area contributed by atoms with Gasteiger partial charge in [-0.15, -0.1) is 0 Å². The van der Waals surface area contributed by atoms with Crippen molar-refractivity contribution in [3.05, 3.63) is 34.2 Å². The van der Waals surface area contributed by atoms with Gasteiger partial charge in [0, 0.05) is 32.2 Å². The number of carbonyl (C=O) groups excluding carboxylic acids is 2. The number of nitrogens with zero attached hydrogens (tertiary/aromatic N) is 2. The van der Waals surface area contributed by atoms with Crippen LogP contribution >= 0.6 is 0 Å². The van der Waals surface area contributed by atoms with Gasteiger partial charge >= 0.3 is 5.97 Å². The minimum atomic E-state index is -0.292. The zero-order chi connectivity index (χ0) is 14.5. The van der Waals surface area contributed by atoms with Crippen LogP contribution in [0.2, 0.25) is 0 Å². The third-order valence-electron chi connectivity index (χ3n) is 3.24. The summed E-state index contributed by atoms with van der Waals surface area (Å²) in [6, 6.07) is 4.51. The Hall–Kier alpha value is -2.15. The van der Waals surface area contributed by atoms with Crippen LogP contribution in [0.15, 0.2) is 23.0 Å². The molecule has 1 amide bonds. The highest BCUT2D eigenvalue weighted by Crippen LogP contribution is 2.06. The summed E-state index contributed by atoms with van der Waals surface area (Å²) >= 11 is 0. The first kappa shape index (κ1) is 14.3. The van der Waals surface area contributed by atoms with Gasteiger partial charge in [-0.3, -0.25) is 19.3 Å². The fraction of sp³-hybridized carbons (Fsp3) is 0.462. The van der Waals surface area contributed by atoms with Crippen molar-refractivity contribution in [3.63, 3.8) is 0 Å². The van der Waals surface area contributed by atoms with E-state index in [0.717, 1.165) is 0 Å². The average molecular weight is 279 g/mol. The minimum Gasteiger partial charge on any atom is -0.468 e. The third kappa shape index (κ3) is 3.45. The first-order valence-corrected chi connectivity index (χ1v) is 6.38. The molecule has 0 aromatic carbocycles. The maximum Gasteiger partial charge on any atom is 0.319 e. The molecule has 0 saturated carbocycles. The molecule has 1 aromatic heterocycles. The van der Waals surface area contributed by atoms with Crippen molar-refractivity contribution in [1.82, 2.24) is 14.8 Å². The number of esters is 1. The van der Waals surface area contributed by atoms with Crippen molar-refractivity contribution in [2.45, 2.75) is 0 Å². The summed E-state index contributed by atoms with van der Waals surface area (Å²) in [5.41, 5.74) is -0.000838. The summed E-state index contributed by atoms with van der Waals surface area (Å²) in [6.07, 6.45) is 0. The number of rotatable bonds is 3. The van der Waals surface area contributed by atoms with Gasteiger partial charge in [-0.05, 0) is 6.07 Å². The smallest absolute Gasteiger partial charge is 0.319 e. The van der Waals surface area contributed by atoms with Crippen LogP contribution in [0, 0.1) is 0 Å². The van der Waals surface area contributed by atoms with Crippen LogP contribution in [-0.4, -0.2) is 66.5 Å². The summed E-state index contributed by atoms with van der Waals surface area (Å²) < 4.78 is 4.61. The number of H-pyrrole nitrogens is 1. The fourth-order valence-electron chi connectivity index (χ4n) is 2.10. The molecule has 1 fully saturated rings. The van der Waals surface area contributed by atoms with Crippen LogP contribution in [0.5, 0.6) is 0 Å². The normalized spacial score (nSPS) is 15.9. The van der Waals surface area contributed by atoms with Crippen molar-refractivity contribution < 1.29 is 14.3 Å². The lowest BCUT2D eigenvalue weighted by atomic mass is 10.2. The zero-order valence-corrected chi connectivity index (χ0v) is 11.3. The summed E-state index contributed by atoms with van der Waals surface area (Å²) in [6.45, 7) is 2.50. The van der Waals surface area contributed by atoms with Gasteiger partial charge in [-0.2, -0.15) is 0 Å². The van der Waals surface area contributed by atoms with Crippen LogP contribution in [0.25, 0.3) is 0 Å². The van der Waals surface area contributed by atoms with Gasteiger partial charge in [-0.25, -0.2) is 0 Å². The van der Waals surface area contributed by atoms with Gasteiger partial charge in [0.15, 0.2) is 0 Å². The van der Waals surface area contributed by atoms with Crippen molar-refractivity contribution in [1.29, 1.82) is 0 Å². The molecule has 0 bridgehead atoms. The lowest BCUT2D eigenvalue weighted by Gasteiger charge is -2.33. The number of hydrogen-bond acceptors (Lipinski definition) is 5. The first-order valence-electron chi connectivity index (χ1n) is 6.38. The van der Waals surface area contributed by atoms with E-state index in [2.05, 4.69) is 9.72 Å². The van der Waals surface area contributed by atoms with Gasteiger partial charge in [0.05, 0.1) is 13.7 Å². The highest BCUT2D eigenvalue weighted by molar-refractivity contribution is 5.92. The van der Waals surface area contributed by atoms with Crippen LogP contribution in [0.4, 0.5) is 0 Å². The maximum atomic E-state index is 12.2. The predicted octanol–water partition coefficient (Wildman–Crippen LogP) is -0.694. The van der Waals surface area contributed by atoms with E-state index >= 15 is 0 Å². The minimum absolute atomic E-state index is 0.194. The number of nitrogens with one attached hydrogen (secondary N) is 1. The SMILES string of the molecule is COC(=O)CN1CCN(C(=O)c2cccc(=O)[nH]2)CC1. The lowest BCUT2D eigenvalue weighted by molar-refractivity contribution is -0.142. The molecule has 1 N–H and O–H groups in total. The second kappa shape index (κ2) is 6.33. The summed E-state index contributed by atoms with van der Waals surface area (Å²) in [5, 5.41) is 0. The molecule has 0 spiro atoms. The zero-order valence-electron chi connectivity index (χ0n) is 11.3. The van der Waals surface area contributed by atoms with Gasteiger partial charge in [0.25, 0.3) is 5.91 Å². The van der Waals surface area contributed by atoms with Gasteiger partial charge in [0.2, 0.25) is 5.56 Å².